The van der Waals surface area contributed by atoms with Crippen LogP contribution in [0.15, 0.2) is 34.0 Å². The molecule has 2 aromatic rings. The predicted octanol–water partition coefficient (Wildman–Crippen LogP) is 1.96. The molecule has 0 fully saturated rings. The van der Waals surface area contributed by atoms with E-state index in [9.17, 15) is 0 Å². The van der Waals surface area contributed by atoms with Crippen LogP contribution in [0.5, 0.6) is 0 Å². The molecular weight excluding hydrogens is 216 g/mol. The largest absolute Gasteiger partial charge is 0.249 e. The van der Waals surface area contributed by atoms with Crippen molar-refractivity contribution in [1.82, 2.24) is 14.3 Å². The lowest BCUT2D eigenvalue weighted by Gasteiger charge is -1.95. The number of aromatic nitrogens is 3. The first-order valence-electron chi connectivity index (χ1n) is 3.69. The number of hydrogen-bond donors (Lipinski definition) is 0. The monoisotopic (exact) mass is 220 g/mol. The number of hydrogen-bond acceptors (Lipinski definition) is 6. The van der Waals surface area contributed by atoms with Crippen LogP contribution < -0.4 is 0 Å². The summed E-state index contributed by atoms with van der Waals surface area (Å²) in [6.07, 6.45) is 3.11. The van der Waals surface area contributed by atoms with Gasteiger partial charge in [-0.1, -0.05) is 0 Å². The summed E-state index contributed by atoms with van der Waals surface area (Å²) < 4.78 is 4.70. The third-order valence-electron chi connectivity index (χ3n) is 1.40. The molecule has 2 aromatic heterocycles. The van der Waals surface area contributed by atoms with Crippen LogP contribution in [0.1, 0.15) is 5.56 Å². The lowest BCUT2D eigenvalue weighted by molar-refractivity contribution is 1.11. The lowest BCUT2D eigenvalue weighted by Crippen LogP contribution is -1.81. The maximum absolute atomic E-state index is 8.68. The summed E-state index contributed by atoms with van der Waals surface area (Å²) in [5, 5.41) is 9.44. The summed E-state index contributed by atoms with van der Waals surface area (Å²) in [5.74, 6) is 0. The van der Waals surface area contributed by atoms with Crippen LogP contribution in [0.2, 0.25) is 0 Å². The van der Waals surface area contributed by atoms with E-state index in [0.717, 1.165) is 9.37 Å². The number of nitrogens with zero attached hydrogens (tertiary/aromatic N) is 4. The van der Waals surface area contributed by atoms with Gasteiger partial charge in [-0.15, -0.1) is 0 Å². The van der Waals surface area contributed by atoms with E-state index in [0.29, 0.717) is 5.56 Å². The molecule has 0 saturated carbocycles. The quantitative estimate of drug-likeness (QED) is 0.774. The molecule has 0 saturated heterocycles. The Hall–Kier alpha value is -1.45. The second-order valence-electron chi connectivity index (χ2n) is 2.30. The minimum atomic E-state index is 0.604. The average Bonchev–Trinajstić information content (AvgIpc) is 2.71. The molecular formula is C8H4N4S2. The molecule has 0 spiro atoms. The van der Waals surface area contributed by atoms with Crippen molar-refractivity contribution < 1.29 is 0 Å². The second-order valence-corrected chi connectivity index (χ2v) is 4.35. The molecule has 0 unspecified atom stereocenters. The number of nitriles is 1. The van der Waals surface area contributed by atoms with Gasteiger partial charge in [0.15, 0.2) is 4.34 Å². The van der Waals surface area contributed by atoms with Crippen molar-refractivity contribution in [3.05, 3.63) is 30.2 Å². The Labute approximate surface area is 88.8 Å². The Kier molecular flexibility index (Phi) is 2.72. The smallest absolute Gasteiger partial charge is 0.175 e. The number of rotatable bonds is 2. The molecule has 0 aromatic carbocycles. The highest BCUT2D eigenvalue weighted by Gasteiger charge is 2.02. The van der Waals surface area contributed by atoms with Gasteiger partial charge < -0.3 is 0 Å². The van der Waals surface area contributed by atoms with Crippen LogP contribution in [0, 0.1) is 11.3 Å². The van der Waals surface area contributed by atoms with Crippen LogP contribution in [-0.2, 0) is 0 Å². The van der Waals surface area contributed by atoms with Crippen molar-refractivity contribution in [2.75, 3.05) is 0 Å². The SMILES string of the molecule is N#Cc1ccnc(Sc2ncns2)c1. The molecule has 68 valence electrons. The maximum atomic E-state index is 8.68. The van der Waals surface area contributed by atoms with Gasteiger partial charge in [-0.25, -0.2) is 9.97 Å². The van der Waals surface area contributed by atoms with Crippen LogP contribution >= 0.6 is 23.3 Å². The number of pyridine rings is 1. The van der Waals surface area contributed by atoms with Gasteiger partial charge in [0.2, 0.25) is 0 Å². The van der Waals surface area contributed by atoms with Crippen LogP contribution in [0.4, 0.5) is 0 Å². The molecule has 0 amide bonds. The third kappa shape index (κ3) is 2.07. The van der Waals surface area contributed by atoms with Gasteiger partial charge >= 0.3 is 0 Å². The maximum Gasteiger partial charge on any atom is 0.175 e. The van der Waals surface area contributed by atoms with Crippen molar-refractivity contribution >= 4 is 23.3 Å². The first-order chi connectivity index (χ1) is 6.88. The molecule has 2 heterocycles. The first kappa shape index (κ1) is 9.12. The van der Waals surface area contributed by atoms with Crippen molar-refractivity contribution in [2.45, 2.75) is 9.37 Å². The minimum Gasteiger partial charge on any atom is -0.249 e. The summed E-state index contributed by atoms with van der Waals surface area (Å²) in [6, 6.07) is 5.46. The van der Waals surface area contributed by atoms with Gasteiger partial charge in [-0.05, 0) is 35.4 Å². The average molecular weight is 220 g/mol. The molecule has 6 heteroatoms. The van der Waals surface area contributed by atoms with Gasteiger partial charge in [0.25, 0.3) is 0 Å². The Bertz CT molecular complexity index is 460. The standard InChI is InChI=1S/C8H4N4S2/c9-4-6-1-2-10-7(3-6)13-8-11-5-12-14-8/h1-3,5H. The fraction of sp³-hybridized carbons (Fsp3) is 0. The zero-order valence-electron chi connectivity index (χ0n) is 6.91. The Balaban J connectivity index is 2.22. The second kappa shape index (κ2) is 4.17. The molecule has 2 rings (SSSR count). The predicted molar refractivity (Wildman–Crippen MR) is 53.0 cm³/mol. The molecule has 0 N–H and O–H groups in total. The van der Waals surface area contributed by atoms with Gasteiger partial charge in [-0.2, -0.15) is 9.64 Å². The van der Waals surface area contributed by atoms with Crippen molar-refractivity contribution in [2.24, 2.45) is 0 Å². The van der Waals surface area contributed by atoms with E-state index >= 15 is 0 Å². The molecule has 0 aliphatic heterocycles. The zero-order chi connectivity index (χ0) is 9.80. The van der Waals surface area contributed by atoms with Gasteiger partial charge in [0.1, 0.15) is 11.4 Å². The van der Waals surface area contributed by atoms with Crippen LogP contribution in [-0.4, -0.2) is 14.3 Å². The fourth-order valence-electron chi connectivity index (χ4n) is 0.832. The van der Waals surface area contributed by atoms with Gasteiger partial charge in [0, 0.05) is 6.20 Å². The highest BCUT2D eigenvalue weighted by Crippen LogP contribution is 2.26. The Morgan fingerprint density at radius 1 is 1.43 bits per heavy atom. The summed E-state index contributed by atoms with van der Waals surface area (Å²) >= 11 is 2.72. The van der Waals surface area contributed by atoms with Crippen molar-refractivity contribution in [1.29, 1.82) is 5.26 Å². The summed E-state index contributed by atoms with van der Waals surface area (Å²) in [6.45, 7) is 0. The summed E-state index contributed by atoms with van der Waals surface area (Å²) in [7, 11) is 0. The van der Waals surface area contributed by atoms with E-state index in [-0.39, 0.29) is 0 Å². The summed E-state index contributed by atoms with van der Waals surface area (Å²) in [5.41, 5.74) is 0.604. The lowest BCUT2D eigenvalue weighted by atomic mass is 10.3. The molecule has 0 atom stereocenters. The van der Waals surface area contributed by atoms with E-state index < -0.39 is 0 Å². The highest BCUT2D eigenvalue weighted by molar-refractivity contribution is 8.00. The van der Waals surface area contributed by atoms with E-state index in [1.807, 2.05) is 0 Å². The van der Waals surface area contributed by atoms with Gasteiger partial charge in [-0.3, -0.25) is 0 Å². The highest BCUT2D eigenvalue weighted by atomic mass is 32.2. The normalized spacial score (nSPS) is 9.64. The third-order valence-corrected chi connectivity index (χ3v) is 3.04. The summed E-state index contributed by atoms with van der Waals surface area (Å²) in [4.78, 5) is 8.13. The Morgan fingerprint density at radius 3 is 3.07 bits per heavy atom. The van der Waals surface area contributed by atoms with Crippen molar-refractivity contribution in [3.8, 4) is 6.07 Å². The van der Waals surface area contributed by atoms with E-state index in [1.165, 1.54) is 29.6 Å². The molecule has 4 nitrogen and oxygen atoms in total. The molecule has 0 bridgehead atoms. The van der Waals surface area contributed by atoms with Crippen LogP contribution in [0.3, 0.4) is 0 Å². The van der Waals surface area contributed by atoms with E-state index in [2.05, 4.69) is 20.4 Å². The molecule has 0 radical (unpaired) electrons. The zero-order valence-corrected chi connectivity index (χ0v) is 8.55. The van der Waals surface area contributed by atoms with Crippen molar-refractivity contribution in [3.63, 3.8) is 0 Å². The van der Waals surface area contributed by atoms with Crippen LogP contribution in [0.25, 0.3) is 0 Å². The fourth-order valence-corrected chi connectivity index (χ4v) is 2.22. The van der Waals surface area contributed by atoms with E-state index in [4.69, 9.17) is 5.26 Å². The first-order valence-corrected chi connectivity index (χ1v) is 5.28. The van der Waals surface area contributed by atoms with Gasteiger partial charge in [0.05, 0.1) is 11.6 Å². The molecule has 0 aliphatic carbocycles. The van der Waals surface area contributed by atoms with E-state index in [1.54, 1.807) is 18.3 Å². The Morgan fingerprint density at radius 2 is 2.36 bits per heavy atom. The molecule has 0 aliphatic rings. The minimum absolute atomic E-state index is 0.604. The molecule has 14 heavy (non-hydrogen) atoms. The topological polar surface area (TPSA) is 62.5 Å².